The van der Waals surface area contributed by atoms with Crippen molar-refractivity contribution in [3.05, 3.63) is 17.8 Å². The molecule has 1 saturated heterocycles. The van der Waals surface area contributed by atoms with Gasteiger partial charge in [-0.3, -0.25) is 4.79 Å². The van der Waals surface area contributed by atoms with Gasteiger partial charge in [0.05, 0.1) is 5.39 Å². The predicted molar refractivity (Wildman–Crippen MR) is 82.5 cm³/mol. The van der Waals surface area contributed by atoms with Crippen LogP contribution in [0.3, 0.4) is 0 Å². The molecule has 1 fully saturated rings. The van der Waals surface area contributed by atoms with Gasteiger partial charge < -0.3 is 15.3 Å². The number of rotatable bonds is 5. The van der Waals surface area contributed by atoms with Gasteiger partial charge in [-0.2, -0.15) is 0 Å². The second-order valence-electron chi connectivity index (χ2n) is 5.06. The fourth-order valence-electron chi connectivity index (χ4n) is 2.71. The van der Waals surface area contributed by atoms with Gasteiger partial charge in [-0.05, 0) is 30.7 Å². The number of aliphatic hydroxyl groups is 1. The Morgan fingerprint density at radius 1 is 1.52 bits per heavy atom. The van der Waals surface area contributed by atoms with Crippen molar-refractivity contribution in [2.24, 2.45) is 0 Å². The van der Waals surface area contributed by atoms with Crippen LogP contribution in [-0.2, 0) is 4.79 Å². The molecular weight excluding hydrogens is 288 g/mol. The van der Waals surface area contributed by atoms with E-state index in [0.29, 0.717) is 13.0 Å². The van der Waals surface area contributed by atoms with Gasteiger partial charge in [0.2, 0.25) is 5.91 Å². The molecule has 6 nitrogen and oxygen atoms in total. The minimum Gasteiger partial charge on any atom is -0.396 e. The number of carbonyl (C=O) groups is 1. The third-order valence-corrected chi connectivity index (χ3v) is 4.52. The summed E-state index contributed by atoms with van der Waals surface area (Å²) in [7, 11) is 0. The van der Waals surface area contributed by atoms with Crippen LogP contribution in [0.25, 0.3) is 10.2 Å². The first kappa shape index (κ1) is 14.2. The highest BCUT2D eigenvalue weighted by atomic mass is 32.1. The lowest BCUT2D eigenvalue weighted by Gasteiger charge is -2.25. The van der Waals surface area contributed by atoms with Crippen molar-refractivity contribution in [2.45, 2.75) is 25.3 Å². The van der Waals surface area contributed by atoms with Crippen LogP contribution in [-0.4, -0.2) is 46.7 Å². The van der Waals surface area contributed by atoms with E-state index in [2.05, 4.69) is 20.2 Å². The number of amides is 1. The summed E-state index contributed by atoms with van der Waals surface area (Å²) in [4.78, 5) is 24.0. The molecule has 3 heterocycles. The van der Waals surface area contributed by atoms with Crippen molar-refractivity contribution >= 4 is 33.3 Å². The van der Waals surface area contributed by atoms with Gasteiger partial charge in [-0.25, -0.2) is 9.97 Å². The summed E-state index contributed by atoms with van der Waals surface area (Å²) in [5.74, 6) is 0.865. The highest BCUT2D eigenvalue weighted by Crippen LogP contribution is 2.31. The Kier molecular flexibility index (Phi) is 4.31. The molecule has 0 aromatic carbocycles. The lowest BCUT2D eigenvalue weighted by atomic mass is 10.2. The molecule has 0 spiro atoms. The van der Waals surface area contributed by atoms with E-state index in [1.807, 2.05) is 11.4 Å². The van der Waals surface area contributed by atoms with Crippen LogP contribution in [0.15, 0.2) is 17.8 Å². The first-order chi connectivity index (χ1) is 10.3. The van der Waals surface area contributed by atoms with Crippen molar-refractivity contribution in [2.75, 3.05) is 24.6 Å². The Hall–Kier alpha value is -1.73. The number of aromatic nitrogens is 2. The van der Waals surface area contributed by atoms with Crippen LogP contribution >= 0.6 is 11.3 Å². The number of hydrogen-bond acceptors (Lipinski definition) is 6. The zero-order valence-corrected chi connectivity index (χ0v) is 12.5. The molecule has 1 atom stereocenters. The van der Waals surface area contributed by atoms with E-state index >= 15 is 0 Å². The van der Waals surface area contributed by atoms with Crippen molar-refractivity contribution in [1.29, 1.82) is 0 Å². The summed E-state index contributed by atoms with van der Waals surface area (Å²) < 4.78 is 0. The average Bonchev–Trinajstić information content (AvgIpc) is 3.15. The Bertz CT molecular complexity index is 630. The zero-order valence-electron chi connectivity index (χ0n) is 11.7. The lowest BCUT2D eigenvalue weighted by molar-refractivity contribution is -0.122. The number of nitrogens with one attached hydrogen (secondary N) is 1. The van der Waals surface area contributed by atoms with Crippen molar-refractivity contribution < 1.29 is 9.90 Å². The van der Waals surface area contributed by atoms with Crippen LogP contribution in [0.1, 0.15) is 19.3 Å². The minimum absolute atomic E-state index is 0.0166. The fourth-order valence-corrected chi connectivity index (χ4v) is 3.43. The van der Waals surface area contributed by atoms with Crippen LogP contribution in [0, 0.1) is 0 Å². The molecule has 21 heavy (non-hydrogen) atoms. The number of nitrogens with zero attached hydrogens (tertiary/aromatic N) is 3. The quantitative estimate of drug-likeness (QED) is 0.811. The summed E-state index contributed by atoms with van der Waals surface area (Å²) in [6.07, 6.45) is 3.96. The van der Waals surface area contributed by atoms with Crippen LogP contribution in [0.2, 0.25) is 0 Å². The average molecular weight is 306 g/mol. The van der Waals surface area contributed by atoms with Gasteiger partial charge in [0.25, 0.3) is 0 Å². The molecule has 1 aliphatic rings. The van der Waals surface area contributed by atoms with E-state index in [1.165, 1.54) is 0 Å². The van der Waals surface area contributed by atoms with E-state index in [4.69, 9.17) is 5.11 Å². The van der Waals surface area contributed by atoms with Crippen LogP contribution in [0.5, 0.6) is 0 Å². The molecule has 1 amide bonds. The van der Waals surface area contributed by atoms with Gasteiger partial charge in [-0.1, -0.05) is 0 Å². The number of carbonyl (C=O) groups excluding carboxylic acids is 1. The number of anilines is 1. The first-order valence-electron chi connectivity index (χ1n) is 7.14. The van der Waals surface area contributed by atoms with Crippen LogP contribution in [0.4, 0.5) is 5.82 Å². The largest absolute Gasteiger partial charge is 0.396 e. The molecule has 1 aliphatic heterocycles. The first-order valence-corrected chi connectivity index (χ1v) is 8.02. The molecule has 3 rings (SSSR count). The second-order valence-corrected chi connectivity index (χ2v) is 5.95. The molecule has 112 valence electrons. The van der Waals surface area contributed by atoms with Crippen molar-refractivity contribution in [3.8, 4) is 0 Å². The maximum atomic E-state index is 12.3. The Balaban J connectivity index is 1.80. The summed E-state index contributed by atoms with van der Waals surface area (Å²) in [6, 6.07) is 1.83. The summed E-state index contributed by atoms with van der Waals surface area (Å²) >= 11 is 1.58. The van der Waals surface area contributed by atoms with Gasteiger partial charge in [-0.15, -0.1) is 11.3 Å². The normalized spacial score (nSPS) is 18.3. The van der Waals surface area contributed by atoms with E-state index < -0.39 is 0 Å². The smallest absolute Gasteiger partial charge is 0.242 e. The molecule has 0 bridgehead atoms. The molecule has 7 heteroatoms. The highest BCUT2D eigenvalue weighted by molar-refractivity contribution is 7.16. The van der Waals surface area contributed by atoms with Crippen LogP contribution < -0.4 is 10.2 Å². The Morgan fingerprint density at radius 2 is 2.43 bits per heavy atom. The SMILES string of the molecule is O=C(NCCCO)C1CCCN1c1ncnc2sccc12. The number of thiophene rings is 1. The summed E-state index contributed by atoms with van der Waals surface area (Å²) in [5, 5.41) is 14.7. The zero-order chi connectivity index (χ0) is 14.7. The lowest BCUT2D eigenvalue weighted by Crippen LogP contribution is -2.44. The predicted octanol–water partition coefficient (Wildman–Crippen LogP) is 1.16. The van der Waals surface area contributed by atoms with Gasteiger partial charge in [0, 0.05) is 19.7 Å². The van der Waals surface area contributed by atoms with E-state index in [9.17, 15) is 4.79 Å². The maximum absolute atomic E-state index is 12.3. The number of fused-ring (bicyclic) bond motifs is 1. The van der Waals surface area contributed by atoms with E-state index in [-0.39, 0.29) is 18.6 Å². The number of aliphatic hydroxyl groups excluding tert-OH is 1. The van der Waals surface area contributed by atoms with Crippen molar-refractivity contribution in [1.82, 2.24) is 15.3 Å². The molecule has 2 N–H and O–H groups in total. The van der Waals surface area contributed by atoms with Gasteiger partial charge in [0.1, 0.15) is 23.0 Å². The third-order valence-electron chi connectivity index (χ3n) is 3.70. The van der Waals surface area contributed by atoms with Crippen molar-refractivity contribution in [3.63, 3.8) is 0 Å². The van der Waals surface area contributed by atoms with Gasteiger partial charge in [0.15, 0.2) is 0 Å². The molecule has 0 aliphatic carbocycles. The standard InChI is InChI=1S/C14H18N4O2S/c19-7-2-5-15-13(20)11-3-1-6-18(11)12-10-4-8-21-14(10)17-9-16-12/h4,8-9,11,19H,1-3,5-7H2,(H,15,20). The molecular formula is C14H18N4O2S. The summed E-state index contributed by atoms with van der Waals surface area (Å²) in [5.41, 5.74) is 0. The van der Waals surface area contributed by atoms with E-state index in [0.717, 1.165) is 35.4 Å². The number of hydrogen-bond donors (Lipinski definition) is 2. The second kappa shape index (κ2) is 6.36. The van der Waals surface area contributed by atoms with Gasteiger partial charge >= 0.3 is 0 Å². The topological polar surface area (TPSA) is 78.4 Å². The summed E-state index contributed by atoms with van der Waals surface area (Å²) in [6.45, 7) is 1.44. The van der Waals surface area contributed by atoms with E-state index in [1.54, 1.807) is 17.7 Å². The molecule has 2 aromatic rings. The minimum atomic E-state index is -0.179. The monoisotopic (exact) mass is 306 g/mol. The Morgan fingerprint density at radius 3 is 3.29 bits per heavy atom. The maximum Gasteiger partial charge on any atom is 0.242 e. The molecule has 2 aromatic heterocycles. The third kappa shape index (κ3) is 2.84. The highest BCUT2D eigenvalue weighted by Gasteiger charge is 2.32. The fraction of sp³-hybridized carbons (Fsp3) is 0.500. The molecule has 1 unspecified atom stereocenters. The molecule has 0 radical (unpaired) electrons. The molecule has 0 saturated carbocycles. The Labute approximate surface area is 126 Å².